The maximum atomic E-state index is 12.9. The first-order valence-electron chi connectivity index (χ1n) is 8.73. The lowest BCUT2D eigenvalue weighted by atomic mass is 9.97. The van der Waals surface area contributed by atoms with Crippen LogP contribution in [0.3, 0.4) is 0 Å². The first-order chi connectivity index (χ1) is 11.0. The molecule has 1 amide bonds. The molecule has 3 nitrogen and oxygen atoms in total. The minimum atomic E-state index is -0.206. The van der Waals surface area contributed by atoms with Crippen molar-refractivity contribution in [2.75, 3.05) is 27.2 Å². The van der Waals surface area contributed by atoms with Crippen LogP contribution in [0.5, 0.6) is 0 Å². The van der Waals surface area contributed by atoms with Gasteiger partial charge < -0.3 is 9.80 Å². The van der Waals surface area contributed by atoms with Gasteiger partial charge in [0.25, 0.3) is 0 Å². The summed E-state index contributed by atoms with van der Waals surface area (Å²) in [6.45, 7) is 1.81. The maximum absolute atomic E-state index is 12.9. The average molecular weight is 318 g/mol. The van der Waals surface area contributed by atoms with Gasteiger partial charge in [-0.1, -0.05) is 12.1 Å². The van der Waals surface area contributed by atoms with E-state index in [1.807, 2.05) is 0 Å². The molecule has 2 aliphatic rings. The van der Waals surface area contributed by atoms with Crippen LogP contribution in [0.1, 0.15) is 31.2 Å². The largest absolute Gasteiger partial charge is 0.341 e. The zero-order valence-electron chi connectivity index (χ0n) is 14.2. The fourth-order valence-electron chi connectivity index (χ4n) is 3.80. The SMILES string of the molecule is CN(C)[C@H]1CN(C(=O)CCCc2ccc(F)cc2)C[C@@H]1C1CC1. The average Bonchev–Trinajstić information content (AvgIpc) is 3.27. The predicted molar refractivity (Wildman–Crippen MR) is 89.6 cm³/mol. The van der Waals surface area contributed by atoms with Gasteiger partial charge in [0.05, 0.1) is 0 Å². The Morgan fingerprint density at radius 1 is 1.22 bits per heavy atom. The van der Waals surface area contributed by atoms with Crippen molar-refractivity contribution < 1.29 is 9.18 Å². The Kier molecular flexibility index (Phi) is 5.00. The van der Waals surface area contributed by atoms with E-state index in [2.05, 4.69) is 23.9 Å². The molecule has 0 N–H and O–H groups in total. The molecule has 0 aromatic heterocycles. The fourth-order valence-corrected chi connectivity index (χ4v) is 3.80. The lowest BCUT2D eigenvalue weighted by molar-refractivity contribution is -0.130. The molecule has 0 bridgehead atoms. The van der Waals surface area contributed by atoms with Crippen molar-refractivity contribution >= 4 is 5.91 Å². The number of likely N-dealkylation sites (N-methyl/N-ethyl adjacent to an activating group) is 1. The van der Waals surface area contributed by atoms with Crippen molar-refractivity contribution in [1.82, 2.24) is 9.80 Å². The summed E-state index contributed by atoms with van der Waals surface area (Å²) in [7, 11) is 4.26. The highest BCUT2D eigenvalue weighted by Gasteiger charge is 2.44. The summed E-state index contributed by atoms with van der Waals surface area (Å²) >= 11 is 0. The molecule has 1 aromatic rings. The monoisotopic (exact) mass is 318 g/mol. The number of carbonyl (C=O) groups excluding carboxylic acids is 1. The van der Waals surface area contributed by atoms with Crippen LogP contribution in [0, 0.1) is 17.7 Å². The van der Waals surface area contributed by atoms with Gasteiger partial charge in [-0.2, -0.15) is 0 Å². The number of benzene rings is 1. The molecule has 1 heterocycles. The number of likely N-dealkylation sites (tertiary alicyclic amines) is 1. The second-order valence-electron chi connectivity index (χ2n) is 7.31. The highest BCUT2D eigenvalue weighted by atomic mass is 19.1. The normalized spacial score (nSPS) is 24.4. The second kappa shape index (κ2) is 7.00. The summed E-state index contributed by atoms with van der Waals surface area (Å²) < 4.78 is 12.9. The van der Waals surface area contributed by atoms with Gasteiger partial charge >= 0.3 is 0 Å². The van der Waals surface area contributed by atoms with Crippen molar-refractivity contribution in [2.24, 2.45) is 11.8 Å². The molecular weight excluding hydrogens is 291 g/mol. The Morgan fingerprint density at radius 3 is 2.52 bits per heavy atom. The van der Waals surface area contributed by atoms with Gasteiger partial charge in [-0.05, 0) is 69.3 Å². The summed E-state index contributed by atoms with van der Waals surface area (Å²) in [5, 5.41) is 0. The Bertz CT molecular complexity index is 529. The van der Waals surface area contributed by atoms with E-state index in [1.54, 1.807) is 12.1 Å². The van der Waals surface area contributed by atoms with E-state index in [0.29, 0.717) is 18.4 Å². The third kappa shape index (κ3) is 4.11. The fraction of sp³-hybridized carbons (Fsp3) is 0.632. The third-order valence-electron chi connectivity index (χ3n) is 5.35. The molecule has 2 atom stereocenters. The van der Waals surface area contributed by atoms with Gasteiger partial charge in [0, 0.05) is 25.6 Å². The quantitative estimate of drug-likeness (QED) is 0.805. The molecule has 0 spiro atoms. The number of halogens is 1. The second-order valence-corrected chi connectivity index (χ2v) is 7.31. The minimum absolute atomic E-state index is 0.206. The highest BCUT2D eigenvalue weighted by molar-refractivity contribution is 5.76. The summed E-state index contributed by atoms with van der Waals surface area (Å²) in [6, 6.07) is 7.10. The van der Waals surface area contributed by atoms with E-state index in [-0.39, 0.29) is 11.7 Å². The van der Waals surface area contributed by atoms with Gasteiger partial charge in [0.15, 0.2) is 0 Å². The van der Waals surface area contributed by atoms with Crippen LogP contribution in [-0.2, 0) is 11.2 Å². The van der Waals surface area contributed by atoms with E-state index in [9.17, 15) is 9.18 Å². The summed E-state index contributed by atoms with van der Waals surface area (Å²) in [4.78, 5) is 16.8. The standard InChI is InChI=1S/C19H27FN2O/c1-21(2)18-13-22(12-17(18)15-8-9-15)19(23)5-3-4-14-6-10-16(20)11-7-14/h6-7,10-11,15,17-18H,3-5,8-9,12-13H2,1-2H3/t17-,18+/m1/s1. The number of aryl methyl sites for hydroxylation is 1. The lowest BCUT2D eigenvalue weighted by Gasteiger charge is -2.24. The number of hydrogen-bond donors (Lipinski definition) is 0. The molecule has 3 rings (SSSR count). The van der Waals surface area contributed by atoms with Crippen LogP contribution in [0.25, 0.3) is 0 Å². The van der Waals surface area contributed by atoms with Gasteiger partial charge in [-0.25, -0.2) is 4.39 Å². The van der Waals surface area contributed by atoms with Gasteiger partial charge in [-0.3, -0.25) is 4.79 Å². The molecule has 0 radical (unpaired) electrons. The molecular formula is C19H27FN2O. The molecule has 0 unspecified atom stereocenters. The third-order valence-corrected chi connectivity index (χ3v) is 5.35. The smallest absolute Gasteiger partial charge is 0.222 e. The van der Waals surface area contributed by atoms with E-state index in [4.69, 9.17) is 0 Å². The molecule has 126 valence electrons. The highest BCUT2D eigenvalue weighted by Crippen LogP contribution is 2.42. The first-order valence-corrected chi connectivity index (χ1v) is 8.73. The van der Waals surface area contributed by atoms with Crippen molar-refractivity contribution in [2.45, 2.75) is 38.1 Å². The molecule has 1 saturated heterocycles. The van der Waals surface area contributed by atoms with Crippen LogP contribution in [0.4, 0.5) is 4.39 Å². The van der Waals surface area contributed by atoms with Crippen molar-refractivity contribution in [3.8, 4) is 0 Å². The Morgan fingerprint density at radius 2 is 1.91 bits per heavy atom. The van der Waals surface area contributed by atoms with Crippen molar-refractivity contribution in [3.05, 3.63) is 35.6 Å². The topological polar surface area (TPSA) is 23.6 Å². The molecule has 4 heteroatoms. The Balaban J connectivity index is 1.47. The number of hydrogen-bond acceptors (Lipinski definition) is 2. The summed E-state index contributed by atoms with van der Waals surface area (Å²) in [5.41, 5.74) is 1.10. The Labute approximate surface area is 138 Å². The van der Waals surface area contributed by atoms with Crippen LogP contribution in [0.2, 0.25) is 0 Å². The van der Waals surface area contributed by atoms with Crippen LogP contribution in [0.15, 0.2) is 24.3 Å². The zero-order valence-corrected chi connectivity index (χ0v) is 14.2. The lowest BCUT2D eigenvalue weighted by Crippen LogP contribution is -2.36. The molecule has 23 heavy (non-hydrogen) atoms. The zero-order chi connectivity index (χ0) is 16.4. The van der Waals surface area contributed by atoms with Gasteiger partial charge in [0.2, 0.25) is 5.91 Å². The number of carbonyl (C=O) groups is 1. The molecule has 1 aliphatic carbocycles. The summed E-state index contributed by atoms with van der Waals surface area (Å²) in [6.07, 6.45) is 4.93. The van der Waals surface area contributed by atoms with Gasteiger partial charge in [-0.15, -0.1) is 0 Å². The number of amides is 1. The van der Waals surface area contributed by atoms with Crippen molar-refractivity contribution in [1.29, 1.82) is 0 Å². The molecule has 1 aliphatic heterocycles. The Hall–Kier alpha value is -1.42. The van der Waals surface area contributed by atoms with E-state index >= 15 is 0 Å². The molecule has 1 saturated carbocycles. The van der Waals surface area contributed by atoms with E-state index < -0.39 is 0 Å². The number of rotatable bonds is 6. The van der Waals surface area contributed by atoms with Gasteiger partial charge in [0.1, 0.15) is 5.82 Å². The molecule has 1 aromatic carbocycles. The minimum Gasteiger partial charge on any atom is -0.341 e. The van der Waals surface area contributed by atoms with Crippen LogP contribution in [-0.4, -0.2) is 48.9 Å². The van der Waals surface area contributed by atoms with E-state index in [1.165, 1.54) is 25.0 Å². The maximum Gasteiger partial charge on any atom is 0.222 e. The van der Waals surface area contributed by atoms with E-state index in [0.717, 1.165) is 37.4 Å². The van der Waals surface area contributed by atoms with Crippen LogP contribution >= 0.6 is 0 Å². The predicted octanol–water partition coefficient (Wildman–Crippen LogP) is 2.95. The summed E-state index contributed by atoms with van der Waals surface area (Å²) in [5.74, 6) is 1.57. The molecule has 2 fully saturated rings. The van der Waals surface area contributed by atoms with Crippen molar-refractivity contribution in [3.63, 3.8) is 0 Å². The van der Waals surface area contributed by atoms with Crippen LogP contribution < -0.4 is 0 Å². The first kappa shape index (κ1) is 16.4. The number of nitrogens with zero attached hydrogens (tertiary/aromatic N) is 2.